The molecule has 8 nitrogen and oxygen atoms in total. The number of rotatable bonds is 10. The normalized spacial score (nSPS) is 11.2. The number of methoxy groups -OCH3 is 1. The van der Waals surface area contributed by atoms with Gasteiger partial charge in [-0.15, -0.1) is 0 Å². The van der Waals surface area contributed by atoms with Crippen LogP contribution in [0.25, 0.3) is 10.9 Å². The summed E-state index contributed by atoms with van der Waals surface area (Å²) in [5.74, 6) is 0.222. The van der Waals surface area contributed by atoms with Crippen molar-refractivity contribution in [2.45, 2.75) is 26.2 Å². The molecule has 1 amide bonds. The lowest BCUT2D eigenvalue weighted by molar-refractivity contribution is -0.118. The van der Waals surface area contributed by atoms with Crippen LogP contribution in [0, 0.1) is 5.82 Å². The average molecular weight is 581 g/mol. The van der Waals surface area contributed by atoms with Gasteiger partial charge in [-0.05, 0) is 60.5 Å². The average Bonchev–Trinajstić information content (AvgIpc) is 2.92. The first-order valence-corrected chi connectivity index (χ1v) is 12.8. The van der Waals surface area contributed by atoms with Crippen LogP contribution < -0.4 is 20.3 Å². The minimum atomic E-state index is -0.534. The molecule has 0 saturated heterocycles. The van der Waals surface area contributed by atoms with E-state index in [1.165, 1.54) is 30.0 Å². The molecule has 4 rings (SSSR count). The first kappa shape index (κ1) is 27.0. The molecule has 0 aliphatic heterocycles. The minimum Gasteiger partial charge on any atom is -0.493 e. The number of aryl methyl sites for hydroxylation is 1. The number of fused-ring (bicyclic) bond motifs is 1. The summed E-state index contributed by atoms with van der Waals surface area (Å²) in [5, 5.41) is 7.38. The van der Waals surface area contributed by atoms with E-state index in [1.807, 2.05) is 12.1 Å². The molecule has 0 radical (unpaired) electrons. The van der Waals surface area contributed by atoms with Gasteiger partial charge >= 0.3 is 0 Å². The zero-order valence-corrected chi connectivity index (χ0v) is 22.5. The number of nitrogens with zero attached hydrogens (tertiary/aromatic N) is 3. The van der Waals surface area contributed by atoms with Gasteiger partial charge in [0.2, 0.25) is 0 Å². The number of anilines is 1. The van der Waals surface area contributed by atoms with Crippen molar-refractivity contribution in [1.82, 2.24) is 9.66 Å². The quantitative estimate of drug-likeness (QED) is 0.248. The number of unbranched alkanes of at least 4 members (excludes halogenated alkanes) is 1. The van der Waals surface area contributed by atoms with Crippen molar-refractivity contribution >= 4 is 44.6 Å². The van der Waals surface area contributed by atoms with Crippen LogP contribution in [0.3, 0.4) is 0 Å². The highest BCUT2D eigenvalue weighted by Crippen LogP contribution is 2.28. The zero-order chi connectivity index (χ0) is 27.1. The second-order valence-corrected chi connectivity index (χ2v) is 9.30. The molecule has 0 bridgehead atoms. The van der Waals surface area contributed by atoms with E-state index in [-0.39, 0.29) is 17.9 Å². The predicted molar refractivity (Wildman–Crippen MR) is 149 cm³/mol. The summed E-state index contributed by atoms with van der Waals surface area (Å²) < 4.78 is 26.9. The third-order valence-corrected chi connectivity index (χ3v) is 6.14. The van der Waals surface area contributed by atoms with Gasteiger partial charge in [0.25, 0.3) is 11.5 Å². The van der Waals surface area contributed by atoms with E-state index < -0.39 is 11.7 Å². The minimum absolute atomic E-state index is 0.0729. The first-order valence-electron chi connectivity index (χ1n) is 12.0. The van der Waals surface area contributed by atoms with E-state index >= 15 is 0 Å². The third kappa shape index (κ3) is 6.44. The Balaban J connectivity index is 1.54. The molecule has 0 saturated carbocycles. The van der Waals surface area contributed by atoms with Gasteiger partial charge in [0.05, 0.1) is 29.9 Å². The Morgan fingerprint density at radius 3 is 2.74 bits per heavy atom. The number of halogens is 2. The fraction of sp³-hybridized carbons (Fsp3) is 0.214. The summed E-state index contributed by atoms with van der Waals surface area (Å²) in [7, 11) is 1.47. The van der Waals surface area contributed by atoms with Crippen molar-refractivity contribution in [3.8, 4) is 11.5 Å². The van der Waals surface area contributed by atoms with Crippen LogP contribution >= 0.6 is 15.9 Å². The molecule has 0 atom stereocenters. The van der Waals surface area contributed by atoms with Gasteiger partial charge < -0.3 is 14.8 Å². The molecule has 0 aliphatic carbocycles. The van der Waals surface area contributed by atoms with Crippen LogP contribution in [0.4, 0.5) is 10.1 Å². The van der Waals surface area contributed by atoms with E-state index in [2.05, 4.69) is 38.3 Å². The number of benzene rings is 3. The fourth-order valence-electron chi connectivity index (χ4n) is 3.71. The van der Waals surface area contributed by atoms with Gasteiger partial charge in [0.15, 0.2) is 18.1 Å². The molecular formula is C28H26BrFN4O4. The maximum Gasteiger partial charge on any atom is 0.282 e. The molecule has 4 aromatic rings. The van der Waals surface area contributed by atoms with E-state index in [0.29, 0.717) is 40.2 Å². The Hall–Kier alpha value is -4.05. The van der Waals surface area contributed by atoms with Crippen molar-refractivity contribution in [3.63, 3.8) is 0 Å². The number of nitrogens with one attached hydrogen (secondary N) is 1. The summed E-state index contributed by atoms with van der Waals surface area (Å²) in [6.07, 6.45) is 3.98. The summed E-state index contributed by atoms with van der Waals surface area (Å²) in [6, 6.07) is 16.3. The van der Waals surface area contributed by atoms with Gasteiger partial charge in [-0.1, -0.05) is 41.4 Å². The predicted octanol–water partition coefficient (Wildman–Crippen LogP) is 5.55. The van der Waals surface area contributed by atoms with E-state index in [4.69, 9.17) is 9.47 Å². The van der Waals surface area contributed by atoms with E-state index in [9.17, 15) is 14.0 Å². The number of hydrogen-bond donors (Lipinski definition) is 1. The lowest BCUT2D eigenvalue weighted by Crippen LogP contribution is -2.22. The number of ether oxygens (including phenoxy) is 2. The Bertz CT molecular complexity index is 1550. The van der Waals surface area contributed by atoms with E-state index in [1.54, 1.807) is 36.5 Å². The standard InChI is InChI=1S/C28H26BrFN4O4/c1-3-4-9-26-32-22-12-11-19(29)15-20(22)28(36)34(26)31-16-18-10-13-24(25(14-18)37-2)38-17-27(35)33-23-8-6-5-7-21(23)30/h5-8,10-16H,3-4,9,17H2,1-2H3,(H,33,35). The zero-order valence-electron chi connectivity index (χ0n) is 20.9. The Morgan fingerprint density at radius 2 is 1.97 bits per heavy atom. The van der Waals surface area contributed by atoms with Crippen LogP contribution in [0.2, 0.25) is 0 Å². The lowest BCUT2D eigenvalue weighted by atomic mass is 10.2. The van der Waals surface area contributed by atoms with Crippen molar-refractivity contribution in [2.75, 3.05) is 19.0 Å². The highest BCUT2D eigenvalue weighted by atomic mass is 79.9. The number of carbonyl (C=O) groups excluding carboxylic acids is 1. The van der Waals surface area contributed by atoms with Crippen molar-refractivity contribution in [3.05, 3.63) is 92.7 Å². The number of aromatic nitrogens is 2. The molecule has 0 fully saturated rings. The molecule has 0 spiro atoms. The van der Waals surface area contributed by atoms with Crippen LogP contribution in [0.1, 0.15) is 31.2 Å². The first-order chi connectivity index (χ1) is 18.4. The van der Waals surface area contributed by atoms with Crippen LogP contribution in [-0.2, 0) is 11.2 Å². The molecule has 196 valence electrons. The van der Waals surface area contributed by atoms with Crippen molar-refractivity contribution < 1.29 is 18.7 Å². The Kier molecular flexibility index (Phi) is 8.85. The molecule has 38 heavy (non-hydrogen) atoms. The number of hydrogen-bond acceptors (Lipinski definition) is 6. The lowest BCUT2D eigenvalue weighted by Gasteiger charge is -2.12. The van der Waals surface area contributed by atoms with Crippen molar-refractivity contribution in [1.29, 1.82) is 0 Å². The maximum absolute atomic E-state index is 13.8. The topological polar surface area (TPSA) is 94.8 Å². The molecule has 1 N–H and O–H groups in total. The summed E-state index contributed by atoms with van der Waals surface area (Å²) >= 11 is 3.41. The number of amides is 1. The molecule has 0 aliphatic rings. The molecule has 1 aromatic heterocycles. The maximum atomic E-state index is 13.8. The van der Waals surface area contributed by atoms with E-state index in [0.717, 1.165) is 17.3 Å². The highest BCUT2D eigenvalue weighted by Gasteiger charge is 2.13. The van der Waals surface area contributed by atoms with Gasteiger partial charge in [0, 0.05) is 10.9 Å². The molecular weight excluding hydrogens is 555 g/mol. The van der Waals surface area contributed by atoms with Crippen LogP contribution in [0.5, 0.6) is 11.5 Å². The Morgan fingerprint density at radius 1 is 1.16 bits per heavy atom. The summed E-state index contributed by atoms with van der Waals surface area (Å²) in [6.45, 7) is 1.73. The summed E-state index contributed by atoms with van der Waals surface area (Å²) in [4.78, 5) is 30.1. The van der Waals surface area contributed by atoms with Crippen LogP contribution in [0.15, 0.2) is 75.0 Å². The second-order valence-electron chi connectivity index (χ2n) is 8.38. The number of para-hydroxylation sites is 1. The fourth-order valence-corrected chi connectivity index (χ4v) is 4.07. The summed E-state index contributed by atoms with van der Waals surface area (Å²) in [5.41, 5.74) is 1.08. The van der Waals surface area contributed by atoms with Crippen molar-refractivity contribution in [2.24, 2.45) is 5.10 Å². The smallest absolute Gasteiger partial charge is 0.282 e. The van der Waals surface area contributed by atoms with Crippen LogP contribution in [-0.4, -0.2) is 35.5 Å². The number of carbonyl (C=O) groups is 1. The third-order valence-electron chi connectivity index (χ3n) is 5.65. The monoisotopic (exact) mass is 580 g/mol. The Labute approximate surface area is 227 Å². The van der Waals surface area contributed by atoms with Gasteiger partial charge in [0.1, 0.15) is 11.6 Å². The SMILES string of the molecule is CCCCc1nc2ccc(Br)cc2c(=O)n1N=Cc1ccc(OCC(=O)Nc2ccccc2F)c(OC)c1. The molecule has 3 aromatic carbocycles. The van der Waals surface area contributed by atoms with Gasteiger partial charge in [-0.3, -0.25) is 9.59 Å². The van der Waals surface area contributed by atoms with Gasteiger partial charge in [-0.2, -0.15) is 9.78 Å². The largest absolute Gasteiger partial charge is 0.493 e. The second kappa shape index (κ2) is 12.5. The van der Waals surface area contributed by atoms with Gasteiger partial charge in [-0.25, -0.2) is 9.37 Å². The molecule has 10 heteroatoms. The highest BCUT2D eigenvalue weighted by molar-refractivity contribution is 9.10. The molecule has 1 heterocycles. The molecule has 0 unspecified atom stereocenters.